The van der Waals surface area contributed by atoms with Gasteiger partial charge in [-0.15, -0.1) is 0 Å². The Morgan fingerprint density at radius 1 is 1.44 bits per heavy atom. The van der Waals surface area contributed by atoms with Crippen molar-refractivity contribution in [3.05, 3.63) is 22.7 Å². The van der Waals surface area contributed by atoms with E-state index in [0.29, 0.717) is 22.1 Å². The topological polar surface area (TPSA) is 47.6 Å². The minimum absolute atomic E-state index is 0.0708. The summed E-state index contributed by atoms with van der Waals surface area (Å²) in [5.74, 6) is 0.782. The van der Waals surface area contributed by atoms with E-state index in [1.54, 1.807) is 19.2 Å². The van der Waals surface area contributed by atoms with E-state index in [2.05, 4.69) is 5.32 Å². The monoisotopic (exact) mass is 271 g/mol. The summed E-state index contributed by atoms with van der Waals surface area (Å²) < 4.78 is 10.9. The fourth-order valence-electron chi connectivity index (χ4n) is 1.56. The Morgan fingerprint density at radius 2 is 2.11 bits per heavy atom. The van der Waals surface area contributed by atoms with Gasteiger partial charge < -0.3 is 14.8 Å². The van der Waals surface area contributed by atoms with Crippen LogP contribution in [-0.2, 0) is 0 Å². The Balaban J connectivity index is 3.30. The molecule has 1 aromatic carbocycles. The van der Waals surface area contributed by atoms with Crippen molar-refractivity contribution >= 4 is 17.4 Å². The van der Waals surface area contributed by atoms with Crippen molar-refractivity contribution in [3.8, 4) is 11.5 Å². The van der Waals surface area contributed by atoms with E-state index in [0.717, 1.165) is 0 Å². The first-order chi connectivity index (χ1) is 8.51. The number of Topliss-reactive ketones (excluding diaryl/α,β-unsaturated/α-hetero) is 1. The summed E-state index contributed by atoms with van der Waals surface area (Å²) in [7, 11) is 3.23. The Labute approximate surface area is 112 Å². The molecule has 0 radical (unpaired) electrons. The van der Waals surface area contributed by atoms with Crippen LogP contribution in [0, 0.1) is 0 Å². The average Bonchev–Trinajstić information content (AvgIpc) is 2.29. The van der Waals surface area contributed by atoms with E-state index in [-0.39, 0.29) is 18.4 Å². The third kappa shape index (κ3) is 3.37. The molecule has 0 spiro atoms. The maximum atomic E-state index is 12.1. The zero-order valence-electron chi connectivity index (χ0n) is 11.0. The smallest absolute Gasteiger partial charge is 0.181 e. The highest BCUT2D eigenvalue weighted by Crippen LogP contribution is 2.36. The van der Waals surface area contributed by atoms with Crippen LogP contribution in [0.15, 0.2) is 12.1 Å². The fourth-order valence-corrected chi connectivity index (χ4v) is 1.82. The summed E-state index contributed by atoms with van der Waals surface area (Å²) in [5, 5.41) is 3.17. The zero-order chi connectivity index (χ0) is 13.7. The van der Waals surface area contributed by atoms with Crippen LogP contribution in [0.1, 0.15) is 24.2 Å². The summed E-state index contributed by atoms with van der Waals surface area (Å²) >= 11 is 6.09. The number of hydrogen-bond donors (Lipinski definition) is 1. The molecule has 0 aliphatic rings. The lowest BCUT2D eigenvalue weighted by atomic mass is 10.1. The van der Waals surface area contributed by atoms with Crippen LogP contribution in [0.4, 0.5) is 0 Å². The summed E-state index contributed by atoms with van der Waals surface area (Å²) in [6.07, 6.45) is -0.0708. The number of likely N-dealkylation sites (N-methyl/N-ethyl adjacent to an activating group) is 1. The molecule has 5 heteroatoms. The van der Waals surface area contributed by atoms with Crippen molar-refractivity contribution in [1.82, 2.24) is 5.32 Å². The van der Waals surface area contributed by atoms with E-state index in [1.807, 2.05) is 13.8 Å². The third-order valence-electron chi connectivity index (χ3n) is 2.26. The molecule has 100 valence electrons. The van der Waals surface area contributed by atoms with Crippen LogP contribution in [-0.4, -0.2) is 32.6 Å². The van der Waals surface area contributed by atoms with Crippen LogP contribution in [0.2, 0.25) is 5.02 Å². The number of ketones is 1. The van der Waals surface area contributed by atoms with E-state index >= 15 is 0 Å². The van der Waals surface area contributed by atoms with Gasteiger partial charge in [0.05, 0.1) is 30.3 Å². The van der Waals surface area contributed by atoms with Gasteiger partial charge in [-0.2, -0.15) is 0 Å². The molecule has 1 rings (SSSR count). The summed E-state index contributed by atoms with van der Waals surface area (Å²) in [4.78, 5) is 12.1. The second-order valence-electron chi connectivity index (χ2n) is 4.07. The van der Waals surface area contributed by atoms with Crippen molar-refractivity contribution < 1.29 is 14.3 Å². The van der Waals surface area contributed by atoms with E-state index < -0.39 is 0 Å². The second-order valence-corrected chi connectivity index (χ2v) is 4.48. The second kappa shape index (κ2) is 6.61. The normalized spacial score (nSPS) is 10.6. The molecule has 4 nitrogen and oxygen atoms in total. The molecule has 0 unspecified atom stereocenters. The van der Waals surface area contributed by atoms with Gasteiger partial charge in [-0.05, 0) is 33.0 Å². The molecular weight excluding hydrogens is 254 g/mol. The van der Waals surface area contributed by atoms with E-state index in [4.69, 9.17) is 21.1 Å². The lowest BCUT2D eigenvalue weighted by Gasteiger charge is -2.17. The predicted molar refractivity (Wildman–Crippen MR) is 72.0 cm³/mol. The molecule has 1 aromatic rings. The van der Waals surface area contributed by atoms with Gasteiger partial charge in [-0.3, -0.25) is 4.79 Å². The summed E-state index contributed by atoms with van der Waals surface area (Å²) in [6.45, 7) is 3.96. The Morgan fingerprint density at radius 3 is 2.61 bits per heavy atom. The summed E-state index contributed by atoms with van der Waals surface area (Å²) in [5.41, 5.74) is 0.360. The average molecular weight is 272 g/mol. The molecule has 0 saturated carbocycles. The standard InChI is InChI=1S/C13H18ClNO3/c1-8(2)18-13-11(17-4)6-5-9(14)12(13)10(16)7-15-3/h5-6,8,15H,7H2,1-4H3. The van der Waals surface area contributed by atoms with Gasteiger partial charge in [0.25, 0.3) is 0 Å². The number of nitrogens with one attached hydrogen (secondary N) is 1. The van der Waals surface area contributed by atoms with Crippen LogP contribution < -0.4 is 14.8 Å². The first kappa shape index (κ1) is 14.8. The predicted octanol–water partition coefficient (Wildman–Crippen LogP) is 2.54. The fraction of sp³-hybridized carbons (Fsp3) is 0.462. The first-order valence-electron chi connectivity index (χ1n) is 5.72. The Bertz CT molecular complexity index is 432. The largest absolute Gasteiger partial charge is 0.493 e. The zero-order valence-corrected chi connectivity index (χ0v) is 11.8. The molecule has 0 aliphatic carbocycles. The maximum absolute atomic E-state index is 12.1. The Kier molecular flexibility index (Phi) is 5.44. The highest BCUT2D eigenvalue weighted by molar-refractivity contribution is 6.34. The molecule has 0 aliphatic heterocycles. The molecule has 0 atom stereocenters. The minimum Gasteiger partial charge on any atom is -0.493 e. The van der Waals surface area contributed by atoms with Gasteiger partial charge in [0, 0.05) is 0 Å². The number of benzene rings is 1. The number of carbonyl (C=O) groups excluding carboxylic acids is 1. The number of halogens is 1. The number of hydrogen-bond acceptors (Lipinski definition) is 4. The van der Waals surface area contributed by atoms with Gasteiger partial charge >= 0.3 is 0 Å². The highest BCUT2D eigenvalue weighted by atomic mass is 35.5. The minimum atomic E-state index is -0.128. The maximum Gasteiger partial charge on any atom is 0.181 e. The number of methoxy groups -OCH3 is 1. The summed E-state index contributed by atoms with van der Waals surface area (Å²) in [6, 6.07) is 3.33. The van der Waals surface area contributed by atoms with Crippen molar-refractivity contribution in [1.29, 1.82) is 0 Å². The van der Waals surface area contributed by atoms with Gasteiger partial charge in [0.2, 0.25) is 0 Å². The Hall–Kier alpha value is -1.26. The van der Waals surface area contributed by atoms with Gasteiger partial charge in [-0.25, -0.2) is 0 Å². The van der Waals surface area contributed by atoms with Crippen molar-refractivity contribution in [2.24, 2.45) is 0 Å². The van der Waals surface area contributed by atoms with Crippen LogP contribution in [0.25, 0.3) is 0 Å². The van der Waals surface area contributed by atoms with Crippen LogP contribution in [0.5, 0.6) is 11.5 Å². The van der Waals surface area contributed by atoms with Crippen molar-refractivity contribution in [2.45, 2.75) is 20.0 Å². The molecule has 0 heterocycles. The molecular formula is C13H18ClNO3. The molecule has 0 saturated heterocycles. The molecule has 1 N–H and O–H groups in total. The van der Waals surface area contributed by atoms with Gasteiger partial charge in [-0.1, -0.05) is 11.6 Å². The molecule has 0 fully saturated rings. The molecule has 0 bridgehead atoms. The van der Waals surface area contributed by atoms with Crippen LogP contribution in [0.3, 0.4) is 0 Å². The highest BCUT2D eigenvalue weighted by Gasteiger charge is 2.21. The quantitative estimate of drug-likeness (QED) is 0.808. The number of ether oxygens (including phenoxy) is 2. The van der Waals surface area contributed by atoms with Crippen molar-refractivity contribution in [3.63, 3.8) is 0 Å². The molecule has 0 amide bonds. The van der Waals surface area contributed by atoms with Gasteiger partial charge in [0.1, 0.15) is 0 Å². The van der Waals surface area contributed by atoms with E-state index in [1.165, 1.54) is 7.11 Å². The molecule has 0 aromatic heterocycles. The number of carbonyl (C=O) groups is 1. The number of rotatable bonds is 6. The lowest BCUT2D eigenvalue weighted by Crippen LogP contribution is -2.21. The molecule has 18 heavy (non-hydrogen) atoms. The van der Waals surface area contributed by atoms with E-state index in [9.17, 15) is 4.79 Å². The van der Waals surface area contributed by atoms with Crippen molar-refractivity contribution in [2.75, 3.05) is 20.7 Å². The van der Waals surface area contributed by atoms with Crippen LogP contribution >= 0.6 is 11.6 Å². The van der Waals surface area contributed by atoms with Gasteiger partial charge in [0.15, 0.2) is 17.3 Å². The third-order valence-corrected chi connectivity index (χ3v) is 2.58. The SMILES string of the molecule is CNCC(=O)c1c(Cl)ccc(OC)c1OC(C)C. The first-order valence-corrected chi connectivity index (χ1v) is 6.10. The lowest BCUT2D eigenvalue weighted by molar-refractivity contribution is 0.0987.